The van der Waals surface area contributed by atoms with Gasteiger partial charge in [0.25, 0.3) is 0 Å². The fourth-order valence-corrected chi connectivity index (χ4v) is 11.5. The van der Waals surface area contributed by atoms with Gasteiger partial charge in [-0.2, -0.15) is 0 Å². The van der Waals surface area contributed by atoms with Crippen LogP contribution in [0, 0.1) is 0 Å². The van der Waals surface area contributed by atoms with Crippen molar-refractivity contribution in [2.45, 2.75) is 12.8 Å². The summed E-state index contributed by atoms with van der Waals surface area (Å²) >= 11 is 0. The molecule has 0 atom stereocenters. The average molecular weight is 973 g/mol. The molecule has 1 aliphatic rings. The Morgan fingerprint density at radius 1 is 0.263 bits per heavy atom. The van der Waals surface area contributed by atoms with E-state index in [0.29, 0.717) is 0 Å². The Labute approximate surface area is 443 Å². The highest BCUT2D eigenvalue weighted by atomic mass is 15.1. The van der Waals surface area contributed by atoms with Crippen LogP contribution in [0.1, 0.15) is 12.8 Å². The van der Waals surface area contributed by atoms with E-state index in [1.165, 1.54) is 71.6 Å². The van der Waals surface area contributed by atoms with Crippen LogP contribution < -0.4 is 9.80 Å². The molecule has 0 N–H and O–H groups in total. The molecule has 0 amide bonds. The first-order chi connectivity index (χ1) is 37.7. The van der Waals surface area contributed by atoms with E-state index in [0.717, 1.165) is 63.8 Å². The monoisotopic (exact) mass is 972 g/mol. The number of aromatic nitrogens is 2. The lowest BCUT2D eigenvalue weighted by Gasteiger charge is -2.27. The summed E-state index contributed by atoms with van der Waals surface area (Å²) < 4.78 is 4.80. The average Bonchev–Trinajstić information content (AvgIpc) is 4.11. The van der Waals surface area contributed by atoms with Gasteiger partial charge in [-0.15, -0.1) is 0 Å². The molecule has 0 saturated heterocycles. The molecule has 2 heterocycles. The summed E-state index contributed by atoms with van der Waals surface area (Å²) in [7, 11) is 0. The van der Waals surface area contributed by atoms with Crippen molar-refractivity contribution < 1.29 is 0 Å². The summed E-state index contributed by atoms with van der Waals surface area (Å²) in [6.07, 6.45) is 9.05. The predicted octanol–water partition coefficient (Wildman–Crippen LogP) is 20.0. The topological polar surface area (TPSA) is 16.3 Å². The molecule has 0 radical (unpaired) electrons. The van der Waals surface area contributed by atoms with Gasteiger partial charge in [-0.1, -0.05) is 176 Å². The maximum absolute atomic E-state index is 2.42. The van der Waals surface area contributed by atoms with Crippen molar-refractivity contribution in [3.63, 3.8) is 0 Å². The summed E-state index contributed by atoms with van der Waals surface area (Å²) in [5, 5.41) is 4.91. The van der Waals surface area contributed by atoms with Crippen molar-refractivity contribution >= 4 is 83.4 Å². The second kappa shape index (κ2) is 19.2. The zero-order chi connectivity index (χ0) is 50.4. The van der Waals surface area contributed by atoms with Gasteiger partial charge in [-0.3, -0.25) is 0 Å². The van der Waals surface area contributed by atoms with E-state index < -0.39 is 0 Å². The summed E-state index contributed by atoms with van der Waals surface area (Å²) in [6, 6.07) is 99.3. The molecule has 4 heteroatoms. The number of allylic oxidation sites excluding steroid dienone is 4. The van der Waals surface area contributed by atoms with Crippen LogP contribution in [0.4, 0.5) is 34.1 Å². The van der Waals surface area contributed by atoms with Crippen LogP contribution in [0.5, 0.6) is 0 Å². The molecular weight excluding hydrogens is 921 g/mol. The Morgan fingerprint density at radius 2 is 0.605 bits per heavy atom. The fourth-order valence-electron chi connectivity index (χ4n) is 11.5. The third kappa shape index (κ3) is 8.05. The van der Waals surface area contributed by atoms with Crippen LogP contribution in [-0.4, -0.2) is 9.13 Å². The SMILES string of the molecule is C1=CC(n2c3ccccc3c3cc(N(c4ccc(-c5ccccc5)cc4)c4ccc(-c5ccc(N(c6ccc(-c7ccccc7)cc6)c6ccc7c(c6)c6ccccc6n7-c6ccccc6)cc5)cc4)ccc32)=CCC1. The first-order valence-electron chi connectivity index (χ1n) is 26.3. The van der Waals surface area contributed by atoms with Gasteiger partial charge in [0.15, 0.2) is 0 Å². The Balaban J connectivity index is 0.840. The third-order valence-corrected chi connectivity index (χ3v) is 15.1. The van der Waals surface area contributed by atoms with Gasteiger partial charge < -0.3 is 18.9 Å². The van der Waals surface area contributed by atoms with Crippen molar-refractivity contribution in [2.75, 3.05) is 9.80 Å². The van der Waals surface area contributed by atoms with Gasteiger partial charge in [-0.05, 0) is 161 Å². The first kappa shape index (κ1) is 44.8. The number of benzene rings is 11. The zero-order valence-corrected chi connectivity index (χ0v) is 41.9. The molecule has 13 aromatic rings. The lowest BCUT2D eigenvalue weighted by Crippen LogP contribution is -2.10. The van der Waals surface area contributed by atoms with E-state index in [-0.39, 0.29) is 0 Å². The molecule has 360 valence electrons. The molecule has 0 spiro atoms. The molecule has 0 saturated carbocycles. The number of fused-ring (bicyclic) bond motifs is 6. The number of rotatable bonds is 11. The van der Waals surface area contributed by atoms with Crippen LogP contribution in [-0.2, 0) is 0 Å². The molecule has 0 unspecified atom stereocenters. The van der Waals surface area contributed by atoms with E-state index >= 15 is 0 Å². The van der Waals surface area contributed by atoms with Crippen LogP contribution in [0.25, 0.3) is 88.4 Å². The summed E-state index contributed by atoms with van der Waals surface area (Å²) in [4.78, 5) is 4.77. The second-order valence-corrected chi connectivity index (χ2v) is 19.6. The van der Waals surface area contributed by atoms with E-state index in [1.54, 1.807) is 0 Å². The van der Waals surface area contributed by atoms with Crippen molar-refractivity contribution in [1.82, 2.24) is 9.13 Å². The Morgan fingerprint density at radius 3 is 1.03 bits per heavy atom. The molecule has 0 aliphatic heterocycles. The van der Waals surface area contributed by atoms with Gasteiger partial charge in [0.1, 0.15) is 0 Å². The lowest BCUT2D eigenvalue weighted by molar-refractivity contribution is 1.02. The highest BCUT2D eigenvalue weighted by Crippen LogP contribution is 2.44. The van der Waals surface area contributed by atoms with E-state index in [9.17, 15) is 0 Å². The minimum absolute atomic E-state index is 1.05. The Kier molecular flexibility index (Phi) is 11.3. The number of hydrogen-bond acceptors (Lipinski definition) is 2. The quantitative estimate of drug-likeness (QED) is 0.128. The number of nitrogens with zero attached hydrogens (tertiary/aromatic N) is 4. The fraction of sp³-hybridized carbons (Fsp3) is 0.0278. The van der Waals surface area contributed by atoms with Gasteiger partial charge in [0.05, 0.1) is 22.1 Å². The summed E-state index contributed by atoms with van der Waals surface area (Å²) in [5.74, 6) is 0. The molecule has 1 aliphatic carbocycles. The molecule has 2 aromatic heterocycles. The van der Waals surface area contributed by atoms with Crippen LogP contribution >= 0.6 is 0 Å². The molecule has 0 bridgehead atoms. The largest absolute Gasteiger partial charge is 0.310 e. The molecule has 11 aromatic carbocycles. The number of para-hydroxylation sites is 3. The van der Waals surface area contributed by atoms with Gasteiger partial charge in [-0.25, -0.2) is 0 Å². The Hall–Kier alpha value is -9.90. The van der Waals surface area contributed by atoms with Crippen molar-refractivity contribution in [1.29, 1.82) is 0 Å². The predicted molar refractivity (Wildman–Crippen MR) is 322 cm³/mol. The maximum atomic E-state index is 2.42. The molecule has 14 rings (SSSR count). The van der Waals surface area contributed by atoms with Crippen LogP contribution in [0.2, 0.25) is 0 Å². The lowest BCUT2D eigenvalue weighted by atomic mass is 10.0. The van der Waals surface area contributed by atoms with Crippen LogP contribution in [0.3, 0.4) is 0 Å². The minimum Gasteiger partial charge on any atom is -0.310 e. The van der Waals surface area contributed by atoms with Crippen molar-refractivity contribution in [3.05, 3.63) is 291 Å². The maximum Gasteiger partial charge on any atom is 0.0542 e. The molecule has 76 heavy (non-hydrogen) atoms. The van der Waals surface area contributed by atoms with E-state index in [1.807, 2.05) is 0 Å². The molecular formula is C72H52N4. The zero-order valence-electron chi connectivity index (χ0n) is 41.9. The molecule has 0 fully saturated rings. The van der Waals surface area contributed by atoms with Gasteiger partial charge >= 0.3 is 0 Å². The normalized spacial score (nSPS) is 12.4. The van der Waals surface area contributed by atoms with E-state index in [2.05, 4.69) is 310 Å². The van der Waals surface area contributed by atoms with E-state index in [4.69, 9.17) is 0 Å². The highest BCUT2D eigenvalue weighted by molar-refractivity contribution is 6.12. The van der Waals surface area contributed by atoms with Crippen molar-refractivity contribution in [2.24, 2.45) is 0 Å². The minimum atomic E-state index is 1.05. The second-order valence-electron chi connectivity index (χ2n) is 19.6. The summed E-state index contributed by atoms with van der Waals surface area (Å²) in [6.45, 7) is 0. The number of anilines is 6. The highest BCUT2D eigenvalue weighted by Gasteiger charge is 2.21. The summed E-state index contributed by atoms with van der Waals surface area (Å²) in [5.41, 5.74) is 20.8. The van der Waals surface area contributed by atoms with Crippen molar-refractivity contribution in [3.8, 4) is 39.1 Å². The smallest absolute Gasteiger partial charge is 0.0542 e. The first-order valence-corrected chi connectivity index (χ1v) is 26.3. The third-order valence-electron chi connectivity index (χ3n) is 15.1. The number of hydrogen-bond donors (Lipinski definition) is 0. The van der Waals surface area contributed by atoms with Crippen LogP contribution in [0.15, 0.2) is 291 Å². The van der Waals surface area contributed by atoms with Gasteiger partial charge in [0.2, 0.25) is 0 Å². The van der Waals surface area contributed by atoms with Gasteiger partial charge in [0, 0.05) is 67.1 Å². The Bertz CT molecular complexity index is 4280. The molecule has 4 nitrogen and oxygen atoms in total. The standard InChI is InChI=1S/C72H52N4/c1-5-17-51(18-6-1)53-29-37-59(38-30-53)73(63-45-47-71-67(49-63)65-25-13-15-27-69(65)75(71)57-21-9-3-10-22-57)61-41-33-55(34-42-61)56-35-43-62(44-36-56)74(60-39-31-54(32-40-60)52-19-7-2-8-20-52)64-46-48-72-68(50-64)66-26-14-16-28-70(66)76(72)58-23-11-4-12-24-58/h1-3,5-11,13-50H,4,12H2.